The number of benzene rings is 2. The lowest BCUT2D eigenvalue weighted by Gasteiger charge is -2.26. The van der Waals surface area contributed by atoms with Crippen LogP contribution in [0.2, 0.25) is 0 Å². The van der Waals surface area contributed by atoms with Crippen molar-refractivity contribution in [2.75, 3.05) is 20.3 Å². The lowest BCUT2D eigenvalue weighted by molar-refractivity contribution is 0.0721. The van der Waals surface area contributed by atoms with E-state index in [-0.39, 0.29) is 11.7 Å². The Morgan fingerprint density at radius 1 is 1.23 bits per heavy atom. The van der Waals surface area contributed by atoms with Gasteiger partial charge in [0.05, 0.1) is 6.04 Å². The molecule has 2 aromatic carbocycles. The maximum atomic E-state index is 14.8. The molecule has 4 rings (SSSR count). The van der Waals surface area contributed by atoms with Crippen molar-refractivity contribution in [1.82, 2.24) is 15.1 Å². The molecule has 1 aliphatic heterocycles. The van der Waals surface area contributed by atoms with Crippen molar-refractivity contribution in [1.29, 1.82) is 0 Å². The molecule has 156 valence electrons. The lowest BCUT2D eigenvalue weighted by Crippen LogP contribution is -2.31. The number of H-pyrrole nitrogens is 1. The van der Waals surface area contributed by atoms with E-state index in [9.17, 15) is 14.3 Å². The van der Waals surface area contributed by atoms with E-state index in [1.807, 2.05) is 19.9 Å². The number of amides is 1. The molecule has 6 nitrogen and oxygen atoms in total. The molecule has 0 saturated carbocycles. The average molecular weight is 409 g/mol. The summed E-state index contributed by atoms with van der Waals surface area (Å²) in [5, 5.41) is 17.8. The zero-order valence-electron chi connectivity index (χ0n) is 17.2. The summed E-state index contributed by atoms with van der Waals surface area (Å²) in [4.78, 5) is 14.8. The third kappa shape index (κ3) is 3.25. The van der Waals surface area contributed by atoms with Gasteiger partial charge in [-0.15, -0.1) is 0 Å². The number of aromatic nitrogens is 2. The molecule has 3 aromatic rings. The number of ether oxygens (including phenoxy) is 1. The summed E-state index contributed by atoms with van der Waals surface area (Å²) in [6.45, 7) is 4.76. The van der Waals surface area contributed by atoms with E-state index in [0.717, 1.165) is 11.1 Å². The molecular weight excluding hydrogens is 385 g/mol. The number of halogens is 1. The van der Waals surface area contributed by atoms with Crippen LogP contribution in [0, 0.1) is 19.7 Å². The minimum atomic E-state index is -0.639. The van der Waals surface area contributed by atoms with Crippen LogP contribution in [0.3, 0.4) is 0 Å². The highest BCUT2D eigenvalue weighted by Gasteiger charge is 2.43. The van der Waals surface area contributed by atoms with Gasteiger partial charge in [-0.1, -0.05) is 18.2 Å². The number of hydrogen-bond acceptors (Lipinski definition) is 4. The lowest BCUT2D eigenvalue weighted by atomic mass is 9.94. The molecule has 1 aromatic heterocycles. The van der Waals surface area contributed by atoms with Crippen molar-refractivity contribution in [3.8, 4) is 17.0 Å². The third-order valence-corrected chi connectivity index (χ3v) is 5.68. The number of aryl methyl sites for hydroxylation is 2. The van der Waals surface area contributed by atoms with Gasteiger partial charge in [-0.25, -0.2) is 4.39 Å². The summed E-state index contributed by atoms with van der Waals surface area (Å²) in [6.07, 6.45) is 0.620. The molecular formula is C23H24FN3O3. The number of phenols is 1. The zero-order chi connectivity index (χ0) is 21.4. The van der Waals surface area contributed by atoms with Crippen LogP contribution in [-0.2, 0) is 4.74 Å². The fourth-order valence-electron chi connectivity index (χ4n) is 4.02. The second kappa shape index (κ2) is 7.91. The topological polar surface area (TPSA) is 78.5 Å². The van der Waals surface area contributed by atoms with Crippen LogP contribution in [0.5, 0.6) is 5.75 Å². The van der Waals surface area contributed by atoms with Crippen LogP contribution in [0.25, 0.3) is 11.3 Å². The predicted molar refractivity (Wildman–Crippen MR) is 111 cm³/mol. The molecule has 2 heterocycles. The Morgan fingerprint density at radius 2 is 1.97 bits per heavy atom. The van der Waals surface area contributed by atoms with Crippen LogP contribution in [0.15, 0.2) is 36.4 Å². The Kier molecular flexibility index (Phi) is 5.30. The van der Waals surface area contributed by atoms with Gasteiger partial charge in [-0.05, 0) is 49.6 Å². The van der Waals surface area contributed by atoms with Crippen LogP contribution in [0.1, 0.15) is 45.2 Å². The van der Waals surface area contributed by atoms with Gasteiger partial charge in [-0.2, -0.15) is 5.10 Å². The standard InChI is InChI=1S/C23H24FN3O3/c1-13-11-16(18(28)12-14(13)2)20-19-21(26-25-20)23(29)27(9-6-10-30-3)22(19)15-7-4-5-8-17(15)24/h4-5,7-8,11-12,22,28H,6,9-10H2,1-3H3,(H,25,26)/t22-/m1/s1. The molecule has 1 amide bonds. The molecule has 0 saturated heterocycles. The normalized spacial score (nSPS) is 15.7. The van der Waals surface area contributed by atoms with Crippen LogP contribution < -0.4 is 0 Å². The average Bonchev–Trinajstić information content (AvgIpc) is 3.25. The van der Waals surface area contributed by atoms with Crippen molar-refractivity contribution in [2.24, 2.45) is 0 Å². The largest absolute Gasteiger partial charge is 0.507 e. The number of fused-ring (bicyclic) bond motifs is 1. The molecule has 1 atom stereocenters. The fraction of sp³-hybridized carbons (Fsp3) is 0.304. The Balaban J connectivity index is 1.88. The number of carbonyl (C=O) groups excluding carboxylic acids is 1. The van der Waals surface area contributed by atoms with E-state index < -0.39 is 11.9 Å². The zero-order valence-corrected chi connectivity index (χ0v) is 17.2. The number of phenolic OH excluding ortho intramolecular Hbond substituents is 1. The van der Waals surface area contributed by atoms with Crippen molar-refractivity contribution in [3.63, 3.8) is 0 Å². The highest BCUT2D eigenvalue weighted by Crippen LogP contribution is 2.45. The quantitative estimate of drug-likeness (QED) is 0.601. The van der Waals surface area contributed by atoms with Crippen molar-refractivity contribution in [2.45, 2.75) is 26.3 Å². The first kappa shape index (κ1) is 20.1. The van der Waals surface area contributed by atoms with Gasteiger partial charge in [0.1, 0.15) is 23.0 Å². The molecule has 0 radical (unpaired) electrons. The summed E-state index contributed by atoms with van der Waals surface area (Å²) in [5.41, 5.74) is 4.22. The van der Waals surface area contributed by atoms with E-state index in [2.05, 4.69) is 10.2 Å². The van der Waals surface area contributed by atoms with Crippen molar-refractivity contribution < 1.29 is 19.0 Å². The summed E-state index contributed by atoms with van der Waals surface area (Å²) in [5.74, 6) is -0.558. The highest BCUT2D eigenvalue weighted by atomic mass is 19.1. The van der Waals surface area contributed by atoms with E-state index in [1.54, 1.807) is 36.3 Å². The summed E-state index contributed by atoms with van der Waals surface area (Å²) < 4.78 is 19.9. The van der Waals surface area contributed by atoms with Crippen molar-refractivity contribution >= 4 is 5.91 Å². The number of aromatic hydroxyl groups is 1. The van der Waals surface area contributed by atoms with Crippen LogP contribution >= 0.6 is 0 Å². The number of hydrogen-bond donors (Lipinski definition) is 2. The molecule has 0 bridgehead atoms. The summed E-state index contributed by atoms with van der Waals surface area (Å²) >= 11 is 0. The second-order valence-electron chi connectivity index (χ2n) is 7.58. The summed E-state index contributed by atoms with van der Waals surface area (Å²) in [7, 11) is 1.60. The number of rotatable bonds is 6. The van der Waals surface area contributed by atoms with E-state index in [4.69, 9.17) is 4.74 Å². The Labute approximate surface area is 174 Å². The van der Waals surface area contributed by atoms with Gasteiger partial charge in [-0.3, -0.25) is 9.89 Å². The third-order valence-electron chi connectivity index (χ3n) is 5.68. The molecule has 1 aliphatic rings. The van der Waals surface area contributed by atoms with E-state index in [0.29, 0.717) is 47.7 Å². The number of nitrogens with zero attached hydrogens (tertiary/aromatic N) is 2. The summed E-state index contributed by atoms with van der Waals surface area (Å²) in [6, 6.07) is 9.33. The van der Waals surface area contributed by atoms with Gasteiger partial charge in [0.25, 0.3) is 5.91 Å². The first-order valence-electron chi connectivity index (χ1n) is 9.87. The fourth-order valence-corrected chi connectivity index (χ4v) is 4.02. The van der Waals surface area contributed by atoms with Gasteiger partial charge in [0, 0.05) is 37.0 Å². The van der Waals surface area contributed by atoms with E-state index >= 15 is 0 Å². The Hall–Kier alpha value is -3.19. The number of aromatic amines is 1. The Morgan fingerprint density at radius 3 is 2.70 bits per heavy atom. The van der Waals surface area contributed by atoms with Crippen LogP contribution in [-0.4, -0.2) is 46.4 Å². The highest BCUT2D eigenvalue weighted by molar-refractivity contribution is 6.00. The smallest absolute Gasteiger partial charge is 0.273 e. The minimum absolute atomic E-state index is 0.0740. The maximum absolute atomic E-state index is 14.8. The molecule has 0 aliphatic carbocycles. The predicted octanol–water partition coefficient (Wildman–Crippen LogP) is 4.12. The second-order valence-corrected chi connectivity index (χ2v) is 7.58. The monoisotopic (exact) mass is 409 g/mol. The van der Waals surface area contributed by atoms with Crippen LogP contribution in [0.4, 0.5) is 4.39 Å². The van der Waals surface area contributed by atoms with Crippen molar-refractivity contribution in [3.05, 3.63) is 70.2 Å². The molecule has 0 fully saturated rings. The molecule has 2 N–H and O–H groups in total. The number of nitrogens with one attached hydrogen (secondary N) is 1. The van der Waals surface area contributed by atoms with Gasteiger partial charge in [0.15, 0.2) is 0 Å². The van der Waals surface area contributed by atoms with Gasteiger partial charge in [0.2, 0.25) is 0 Å². The Bertz CT molecular complexity index is 1110. The van der Waals surface area contributed by atoms with Gasteiger partial charge >= 0.3 is 0 Å². The number of methoxy groups -OCH3 is 1. The van der Waals surface area contributed by atoms with Gasteiger partial charge < -0.3 is 14.7 Å². The molecule has 0 unspecified atom stereocenters. The first-order chi connectivity index (χ1) is 14.4. The minimum Gasteiger partial charge on any atom is -0.507 e. The molecule has 7 heteroatoms. The SMILES string of the molecule is COCCCN1C(=O)c2[nH]nc(-c3cc(C)c(C)cc3O)c2[C@H]1c1ccccc1F. The van der Waals surface area contributed by atoms with E-state index in [1.165, 1.54) is 6.07 Å². The number of carbonyl (C=O) groups is 1. The molecule has 30 heavy (non-hydrogen) atoms. The molecule has 0 spiro atoms. The maximum Gasteiger partial charge on any atom is 0.273 e. The first-order valence-corrected chi connectivity index (χ1v) is 9.87.